The van der Waals surface area contributed by atoms with Crippen molar-refractivity contribution in [2.75, 3.05) is 28.0 Å². The summed E-state index contributed by atoms with van der Waals surface area (Å²) in [6, 6.07) is 15.7. The van der Waals surface area contributed by atoms with Gasteiger partial charge in [0.05, 0.1) is 5.75 Å². The zero-order valence-corrected chi connectivity index (χ0v) is 19.3. The first kappa shape index (κ1) is 22.8. The number of halogens is 1. The Labute approximate surface area is 188 Å². The van der Waals surface area contributed by atoms with Crippen LogP contribution in [0.15, 0.2) is 54.6 Å². The Morgan fingerprint density at radius 3 is 2.29 bits per heavy atom. The van der Waals surface area contributed by atoms with Gasteiger partial charge in [0.1, 0.15) is 17.5 Å². The van der Waals surface area contributed by atoms with Crippen molar-refractivity contribution in [3.63, 3.8) is 0 Å². The molecule has 3 aromatic rings. The van der Waals surface area contributed by atoms with Crippen molar-refractivity contribution in [1.29, 1.82) is 0 Å². The molecule has 0 radical (unpaired) electrons. The molecule has 0 unspecified atom stereocenters. The minimum atomic E-state index is -3.56. The fraction of sp³-hybridized carbons (Fsp3) is 0.273. The van der Waals surface area contributed by atoms with Crippen LogP contribution in [0, 0.1) is 6.92 Å². The maximum absolute atomic E-state index is 12.5. The van der Waals surface area contributed by atoms with E-state index in [9.17, 15) is 8.42 Å². The molecule has 2 aromatic carbocycles. The van der Waals surface area contributed by atoms with Crippen LogP contribution < -0.4 is 14.9 Å². The van der Waals surface area contributed by atoms with E-state index in [1.807, 2.05) is 13.0 Å². The lowest BCUT2D eigenvalue weighted by atomic mass is 10.2. The van der Waals surface area contributed by atoms with E-state index < -0.39 is 10.0 Å². The summed E-state index contributed by atoms with van der Waals surface area (Å²) in [5.74, 6) is 2.08. The number of hydrogen-bond donors (Lipinski definition) is 2. The summed E-state index contributed by atoms with van der Waals surface area (Å²) in [7, 11) is -3.56. The molecule has 0 aliphatic heterocycles. The number of aryl methyl sites for hydroxylation is 1. The van der Waals surface area contributed by atoms with E-state index in [2.05, 4.69) is 38.8 Å². The lowest BCUT2D eigenvalue weighted by molar-refractivity contribution is 0.600. The summed E-state index contributed by atoms with van der Waals surface area (Å²) in [6.07, 6.45) is 0. The molecule has 9 heteroatoms. The van der Waals surface area contributed by atoms with Crippen molar-refractivity contribution >= 4 is 44.6 Å². The van der Waals surface area contributed by atoms with Gasteiger partial charge in [0.15, 0.2) is 0 Å². The van der Waals surface area contributed by atoms with Gasteiger partial charge in [0, 0.05) is 35.6 Å². The van der Waals surface area contributed by atoms with Crippen LogP contribution in [-0.4, -0.2) is 31.5 Å². The van der Waals surface area contributed by atoms with Crippen molar-refractivity contribution in [3.8, 4) is 0 Å². The summed E-state index contributed by atoms with van der Waals surface area (Å²) in [4.78, 5) is 11.1. The van der Waals surface area contributed by atoms with Gasteiger partial charge in [0.2, 0.25) is 10.0 Å². The topological polar surface area (TPSA) is 87.2 Å². The van der Waals surface area contributed by atoms with Gasteiger partial charge in [-0.2, -0.15) is 0 Å². The van der Waals surface area contributed by atoms with Crippen LogP contribution in [0.25, 0.3) is 0 Å². The fourth-order valence-electron chi connectivity index (χ4n) is 3.16. The van der Waals surface area contributed by atoms with Crippen molar-refractivity contribution in [2.45, 2.75) is 26.5 Å². The molecule has 0 fully saturated rings. The van der Waals surface area contributed by atoms with Gasteiger partial charge in [-0.05, 0) is 62.7 Å². The molecule has 7 nitrogen and oxygen atoms in total. The van der Waals surface area contributed by atoms with E-state index in [0.717, 1.165) is 24.6 Å². The third-order valence-corrected chi connectivity index (χ3v) is 6.08. The van der Waals surface area contributed by atoms with Crippen LogP contribution in [0.3, 0.4) is 0 Å². The molecular formula is C22H26ClN5O2S. The number of nitrogens with one attached hydrogen (secondary N) is 2. The Morgan fingerprint density at radius 1 is 0.968 bits per heavy atom. The molecule has 0 bridgehead atoms. The number of aromatic nitrogens is 2. The Bertz CT molecular complexity index is 1130. The van der Waals surface area contributed by atoms with Crippen molar-refractivity contribution < 1.29 is 8.42 Å². The van der Waals surface area contributed by atoms with Crippen LogP contribution >= 0.6 is 11.6 Å². The molecule has 0 atom stereocenters. The maximum atomic E-state index is 12.5. The molecule has 0 amide bonds. The van der Waals surface area contributed by atoms with Gasteiger partial charge in [-0.25, -0.2) is 18.4 Å². The van der Waals surface area contributed by atoms with E-state index >= 15 is 0 Å². The lowest BCUT2D eigenvalue weighted by Gasteiger charge is -2.20. The first-order chi connectivity index (χ1) is 14.8. The van der Waals surface area contributed by atoms with Gasteiger partial charge in [0.25, 0.3) is 0 Å². The number of anilines is 4. The molecule has 3 rings (SSSR count). The highest BCUT2D eigenvalue weighted by Gasteiger charge is 2.12. The number of sulfonamides is 1. The van der Waals surface area contributed by atoms with Crippen LogP contribution in [0.2, 0.25) is 5.02 Å². The number of rotatable bonds is 9. The predicted molar refractivity (Wildman–Crippen MR) is 128 cm³/mol. The molecule has 2 N–H and O–H groups in total. The Kier molecular flexibility index (Phi) is 7.35. The third-order valence-electron chi connectivity index (χ3n) is 4.59. The van der Waals surface area contributed by atoms with Crippen LogP contribution in [0.5, 0.6) is 0 Å². The molecule has 0 spiro atoms. The average molecular weight is 460 g/mol. The monoisotopic (exact) mass is 459 g/mol. The van der Waals surface area contributed by atoms with Crippen molar-refractivity contribution in [3.05, 3.63) is 71.0 Å². The van der Waals surface area contributed by atoms with E-state index in [0.29, 0.717) is 27.9 Å². The normalized spacial score (nSPS) is 11.2. The molecule has 0 saturated carbocycles. The second-order valence-electron chi connectivity index (χ2n) is 7.02. The largest absolute Gasteiger partial charge is 0.357 e. The lowest BCUT2D eigenvalue weighted by Crippen LogP contribution is -2.23. The average Bonchev–Trinajstić information content (AvgIpc) is 2.69. The summed E-state index contributed by atoms with van der Waals surface area (Å²) in [6.45, 7) is 7.74. The minimum absolute atomic E-state index is 0.151. The summed E-state index contributed by atoms with van der Waals surface area (Å²) in [5, 5.41) is 3.76. The van der Waals surface area contributed by atoms with E-state index in [1.54, 1.807) is 48.5 Å². The number of hydrogen-bond acceptors (Lipinski definition) is 6. The maximum Gasteiger partial charge on any atom is 0.236 e. The Balaban J connectivity index is 1.69. The molecule has 164 valence electrons. The Hall–Kier alpha value is -2.84. The zero-order valence-electron chi connectivity index (χ0n) is 17.8. The first-order valence-corrected chi connectivity index (χ1v) is 12.0. The Morgan fingerprint density at radius 2 is 1.65 bits per heavy atom. The molecule has 0 aliphatic rings. The highest BCUT2D eigenvalue weighted by Crippen LogP contribution is 2.22. The molecule has 0 saturated heterocycles. The third kappa shape index (κ3) is 6.57. The number of benzene rings is 2. The van der Waals surface area contributed by atoms with Gasteiger partial charge >= 0.3 is 0 Å². The second kappa shape index (κ2) is 9.98. The predicted octanol–water partition coefficient (Wildman–Crippen LogP) is 4.97. The van der Waals surface area contributed by atoms with E-state index in [-0.39, 0.29) is 5.75 Å². The van der Waals surface area contributed by atoms with Crippen LogP contribution in [0.1, 0.15) is 25.2 Å². The molecule has 1 aromatic heterocycles. The van der Waals surface area contributed by atoms with Gasteiger partial charge in [-0.3, -0.25) is 4.72 Å². The van der Waals surface area contributed by atoms with Crippen molar-refractivity contribution in [1.82, 2.24) is 9.97 Å². The van der Waals surface area contributed by atoms with E-state index in [4.69, 9.17) is 11.6 Å². The minimum Gasteiger partial charge on any atom is -0.357 e. The van der Waals surface area contributed by atoms with Crippen LogP contribution in [-0.2, 0) is 15.8 Å². The molecule has 1 heterocycles. The highest BCUT2D eigenvalue weighted by molar-refractivity contribution is 7.91. The molecule has 31 heavy (non-hydrogen) atoms. The van der Waals surface area contributed by atoms with Gasteiger partial charge < -0.3 is 10.2 Å². The van der Waals surface area contributed by atoms with Gasteiger partial charge in [-0.15, -0.1) is 0 Å². The highest BCUT2D eigenvalue weighted by atomic mass is 35.5. The smallest absolute Gasteiger partial charge is 0.236 e. The fourth-order valence-corrected chi connectivity index (χ4v) is 4.56. The SMILES string of the molecule is CCN(CC)c1cc(Nc2ccc(NS(=O)(=O)Cc3cccc(Cl)c3)cc2)nc(C)n1. The molecular weight excluding hydrogens is 434 g/mol. The standard InChI is InChI=1S/C22H26ClN5O2S/c1-4-28(5-2)22-14-21(24-16(3)25-22)26-19-9-11-20(12-10-19)27-31(29,30)15-17-7-6-8-18(23)13-17/h6-14,27H,4-5,15H2,1-3H3,(H,24,25,26). The second-order valence-corrected chi connectivity index (χ2v) is 9.18. The zero-order chi connectivity index (χ0) is 22.4. The molecule has 0 aliphatic carbocycles. The quantitative estimate of drug-likeness (QED) is 0.469. The van der Waals surface area contributed by atoms with Crippen molar-refractivity contribution in [2.24, 2.45) is 0 Å². The summed E-state index contributed by atoms with van der Waals surface area (Å²) in [5.41, 5.74) is 1.90. The van der Waals surface area contributed by atoms with Gasteiger partial charge in [-0.1, -0.05) is 23.7 Å². The first-order valence-electron chi connectivity index (χ1n) is 10.0. The van der Waals surface area contributed by atoms with E-state index in [1.165, 1.54) is 0 Å². The summed E-state index contributed by atoms with van der Waals surface area (Å²) < 4.78 is 27.5. The number of nitrogens with zero attached hydrogens (tertiary/aromatic N) is 3. The summed E-state index contributed by atoms with van der Waals surface area (Å²) >= 11 is 5.94. The van der Waals surface area contributed by atoms with Crippen LogP contribution in [0.4, 0.5) is 23.0 Å².